The molecule has 8 nitrogen and oxygen atoms in total. The van der Waals surface area contributed by atoms with E-state index in [0.717, 1.165) is 6.42 Å². The smallest absolute Gasteiger partial charge is 0.357 e. The topological polar surface area (TPSA) is 119 Å². The van der Waals surface area contributed by atoms with Crippen molar-refractivity contribution in [1.82, 2.24) is 4.57 Å². The summed E-state index contributed by atoms with van der Waals surface area (Å²) in [4.78, 5) is 23.9. The number of anilines is 2. The Labute approximate surface area is 151 Å². The Kier molecular flexibility index (Phi) is 5.86. The zero-order chi connectivity index (χ0) is 19.3. The van der Waals surface area contributed by atoms with Crippen molar-refractivity contribution in [3.8, 4) is 17.5 Å². The molecule has 0 bridgehead atoms. The van der Waals surface area contributed by atoms with E-state index in [1.54, 1.807) is 18.2 Å². The summed E-state index contributed by atoms with van der Waals surface area (Å²) in [6.45, 7) is 1.91. The van der Waals surface area contributed by atoms with E-state index < -0.39 is 5.97 Å². The van der Waals surface area contributed by atoms with Crippen LogP contribution >= 0.6 is 0 Å². The molecule has 1 heterocycles. The lowest BCUT2D eigenvalue weighted by Gasteiger charge is -2.14. The first-order chi connectivity index (χ1) is 12.5. The summed E-state index contributed by atoms with van der Waals surface area (Å²) in [5.74, 6) is -0.373. The second-order valence-corrected chi connectivity index (χ2v) is 5.46. The molecule has 0 spiro atoms. The van der Waals surface area contributed by atoms with Crippen LogP contribution in [0.25, 0.3) is 5.69 Å². The Morgan fingerprint density at radius 3 is 2.65 bits per heavy atom. The highest BCUT2D eigenvalue weighted by Crippen LogP contribution is 2.31. The number of methoxy groups -OCH3 is 2. The van der Waals surface area contributed by atoms with Gasteiger partial charge >= 0.3 is 5.97 Å². The van der Waals surface area contributed by atoms with Crippen LogP contribution in [0.2, 0.25) is 0 Å². The predicted molar refractivity (Wildman–Crippen MR) is 96.3 cm³/mol. The average molecular weight is 356 g/mol. The van der Waals surface area contributed by atoms with Crippen LogP contribution in [0, 0.1) is 11.3 Å². The molecule has 0 radical (unpaired) electrons. The number of nitrogens with two attached hydrogens (primary N) is 1. The number of nitrogens with one attached hydrogen (secondary N) is 1. The Morgan fingerprint density at radius 1 is 1.35 bits per heavy atom. The first-order valence-corrected chi connectivity index (χ1v) is 7.94. The first-order valence-electron chi connectivity index (χ1n) is 7.94. The second kappa shape index (κ2) is 8.07. The number of carbonyl (C=O) groups is 2. The third-order valence-electron chi connectivity index (χ3n) is 3.76. The van der Waals surface area contributed by atoms with Crippen molar-refractivity contribution < 1.29 is 19.1 Å². The number of nitrogen functional groups attached to an aromatic ring is 1. The molecular weight excluding hydrogens is 336 g/mol. The molecular formula is C18H20N4O4. The van der Waals surface area contributed by atoms with Crippen LogP contribution in [0.15, 0.2) is 24.4 Å². The summed E-state index contributed by atoms with van der Waals surface area (Å²) >= 11 is 0. The molecule has 0 unspecified atom stereocenters. The van der Waals surface area contributed by atoms with E-state index in [0.29, 0.717) is 23.5 Å². The zero-order valence-electron chi connectivity index (χ0n) is 14.8. The van der Waals surface area contributed by atoms with Crippen LogP contribution in [0.4, 0.5) is 11.4 Å². The molecule has 0 aliphatic carbocycles. The molecule has 1 amide bonds. The fraction of sp³-hybridized carbons (Fsp3) is 0.278. The maximum Gasteiger partial charge on any atom is 0.357 e. The maximum atomic E-state index is 12.1. The second-order valence-electron chi connectivity index (χ2n) is 5.46. The molecule has 8 heteroatoms. The molecule has 0 atom stereocenters. The third-order valence-corrected chi connectivity index (χ3v) is 3.76. The number of hydrogen-bond acceptors (Lipinski definition) is 6. The van der Waals surface area contributed by atoms with Crippen LogP contribution in [0.1, 0.15) is 35.8 Å². The monoisotopic (exact) mass is 356 g/mol. The highest BCUT2D eigenvalue weighted by molar-refractivity contribution is 5.96. The summed E-state index contributed by atoms with van der Waals surface area (Å²) in [6.07, 6.45) is 2.58. The van der Waals surface area contributed by atoms with Crippen molar-refractivity contribution in [3.63, 3.8) is 0 Å². The number of ether oxygens (including phenoxy) is 2. The van der Waals surface area contributed by atoms with Gasteiger partial charge in [-0.15, -0.1) is 0 Å². The lowest BCUT2D eigenvalue weighted by Crippen LogP contribution is -2.13. The van der Waals surface area contributed by atoms with Gasteiger partial charge in [-0.05, 0) is 18.6 Å². The first kappa shape index (κ1) is 18.9. The summed E-state index contributed by atoms with van der Waals surface area (Å²) in [6, 6.07) is 6.91. The Balaban J connectivity index is 2.52. The highest BCUT2D eigenvalue weighted by atomic mass is 16.5. The van der Waals surface area contributed by atoms with Gasteiger partial charge in [-0.2, -0.15) is 5.26 Å². The number of hydrogen-bond donors (Lipinski definition) is 2. The highest BCUT2D eigenvalue weighted by Gasteiger charge is 2.22. The Bertz CT molecular complexity index is 880. The van der Waals surface area contributed by atoms with Crippen molar-refractivity contribution in [2.24, 2.45) is 0 Å². The average Bonchev–Trinajstić information content (AvgIpc) is 2.98. The Hall–Kier alpha value is -3.47. The zero-order valence-corrected chi connectivity index (χ0v) is 14.8. The molecule has 1 aromatic carbocycles. The number of amides is 1. The van der Waals surface area contributed by atoms with Crippen molar-refractivity contribution in [1.29, 1.82) is 5.26 Å². The summed E-state index contributed by atoms with van der Waals surface area (Å²) in [7, 11) is 2.71. The third kappa shape index (κ3) is 3.62. The van der Waals surface area contributed by atoms with E-state index in [9.17, 15) is 14.9 Å². The van der Waals surface area contributed by atoms with Gasteiger partial charge in [0.2, 0.25) is 5.91 Å². The number of rotatable bonds is 6. The normalized spacial score (nSPS) is 10.1. The van der Waals surface area contributed by atoms with E-state index in [-0.39, 0.29) is 22.9 Å². The molecule has 3 N–H and O–H groups in total. The summed E-state index contributed by atoms with van der Waals surface area (Å²) in [5, 5.41) is 12.0. The van der Waals surface area contributed by atoms with E-state index in [2.05, 4.69) is 5.32 Å². The van der Waals surface area contributed by atoms with Crippen LogP contribution in [0.5, 0.6) is 5.75 Å². The fourth-order valence-electron chi connectivity index (χ4n) is 2.49. The number of benzene rings is 1. The number of esters is 1. The van der Waals surface area contributed by atoms with Gasteiger partial charge in [0.05, 0.1) is 31.2 Å². The van der Waals surface area contributed by atoms with E-state index >= 15 is 0 Å². The lowest BCUT2D eigenvalue weighted by molar-refractivity contribution is -0.116. The van der Waals surface area contributed by atoms with Crippen LogP contribution in [0.3, 0.4) is 0 Å². The van der Waals surface area contributed by atoms with Crippen molar-refractivity contribution >= 4 is 23.3 Å². The minimum Gasteiger partial charge on any atom is -0.494 e. The van der Waals surface area contributed by atoms with E-state index in [1.165, 1.54) is 25.0 Å². The minimum atomic E-state index is -0.664. The maximum absolute atomic E-state index is 12.1. The molecule has 0 aliphatic rings. The Morgan fingerprint density at radius 2 is 2.08 bits per heavy atom. The number of aromatic nitrogens is 1. The molecule has 0 saturated heterocycles. The molecule has 0 fully saturated rings. The minimum absolute atomic E-state index is 0.0404. The number of nitriles is 1. The van der Waals surface area contributed by atoms with Gasteiger partial charge in [0.1, 0.15) is 11.8 Å². The van der Waals surface area contributed by atoms with Gasteiger partial charge in [0.25, 0.3) is 0 Å². The summed E-state index contributed by atoms with van der Waals surface area (Å²) < 4.78 is 11.6. The van der Waals surface area contributed by atoms with Gasteiger partial charge in [-0.1, -0.05) is 6.92 Å². The fourth-order valence-corrected chi connectivity index (χ4v) is 2.49. The number of carbonyl (C=O) groups excluding carboxylic acids is 2. The lowest BCUT2D eigenvalue weighted by atomic mass is 10.2. The van der Waals surface area contributed by atoms with E-state index in [1.807, 2.05) is 13.0 Å². The molecule has 1 aromatic heterocycles. The van der Waals surface area contributed by atoms with Crippen LogP contribution in [-0.4, -0.2) is 30.7 Å². The summed E-state index contributed by atoms with van der Waals surface area (Å²) in [5.41, 5.74) is 7.18. The quantitative estimate of drug-likeness (QED) is 0.767. The van der Waals surface area contributed by atoms with Crippen molar-refractivity contribution in [2.45, 2.75) is 19.8 Å². The molecule has 136 valence electrons. The van der Waals surface area contributed by atoms with Gasteiger partial charge in [-0.3, -0.25) is 4.79 Å². The van der Waals surface area contributed by atoms with E-state index in [4.69, 9.17) is 15.2 Å². The molecule has 0 aliphatic heterocycles. The van der Waals surface area contributed by atoms with Crippen molar-refractivity contribution in [3.05, 3.63) is 35.7 Å². The molecule has 0 saturated carbocycles. The van der Waals surface area contributed by atoms with Crippen LogP contribution < -0.4 is 15.8 Å². The van der Waals surface area contributed by atoms with Gasteiger partial charge < -0.3 is 25.1 Å². The van der Waals surface area contributed by atoms with Crippen molar-refractivity contribution in [2.75, 3.05) is 25.3 Å². The molecule has 2 aromatic rings. The molecule has 2 rings (SSSR count). The standard InChI is InChI=1S/C18H20N4O4/c1-4-5-15(23)21-13-7-6-12(8-14(13)25-2)22-10-11(9-19)16(20)17(22)18(24)26-3/h6-8,10H,4-5,20H2,1-3H3,(H,21,23). The largest absolute Gasteiger partial charge is 0.494 e. The predicted octanol–water partition coefficient (Wildman–Crippen LogP) is 2.46. The van der Waals surface area contributed by atoms with Gasteiger partial charge in [0.15, 0.2) is 5.69 Å². The van der Waals surface area contributed by atoms with Gasteiger partial charge in [-0.25, -0.2) is 4.79 Å². The molecule has 26 heavy (non-hydrogen) atoms. The SMILES string of the molecule is CCCC(=O)Nc1ccc(-n2cc(C#N)c(N)c2C(=O)OC)cc1OC. The van der Waals surface area contributed by atoms with Gasteiger partial charge in [0, 0.05) is 24.4 Å². The number of nitrogens with zero attached hydrogens (tertiary/aromatic N) is 2. The van der Waals surface area contributed by atoms with Crippen LogP contribution in [-0.2, 0) is 9.53 Å².